The number of anilines is 1. The number of aromatic amines is 1. The Morgan fingerprint density at radius 3 is 2.83 bits per heavy atom. The molecule has 7 nitrogen and oxygen atoms in total. The third-order valence-corrected chi connectivity index (χ3v) is 5.45. The molecule has 3 heterocycles. The van der Waals surface area contributed by atoms with Gasteiger partial charge in [0.25, 0.3) is 0 Å². The Morgan fingerprint density at radius 1 is 1.28 bits per heavy atom. The molecule has 1 fully saturated rings. The summed E-state index contributed by atoms with van der Waals surface area (Å²) in [6.07, 6.45) is 2.55. The van der Waals surface area contributed by atoms with Crippen LogP contribution in [-0.4, -0.2) is 45.3 Å². The number of halogens is 3. The molecular formula is C19H23F3N6O. The number of aromatic nitrogens is 4. The molecule has 3 N–H and O–H groups in total. The van der Waals surface area contributed by atoms with Crippen LogP contribution in [0, 0.1) is 5.92 Å². The van der Waals surface area contributed by atoms with Crippen molar-refractivity contribution in [2.24, 2.45) is 5.92 Å². The molecule has 1 saturated heterocycles. The highest BCUT2D eigenvalue weighted by Crippen LogP contribution is 2.34. The van der Waals surface area contributed by atoms with Gasteiger partial charge in [0.2, 0.25) is 5.95 Å². The van der Waals surface area contributed by atoms with Crippen molar-refractivity contribution in [3.05, 3.63) is 40.0 Å². The van der Waals surface area contributed by atoms with Crippen molar-refractivity contribution in [1.29, 1.82) is 0 Å². The van der Waals surface area contributed by atoms with Crippen LogP contribution in [0.3, 0.4) is 0 Å². The second kappa shape index (κ2) is 8.02. The smallest absolute Gasteiger partial charge is 0.354 e. The molecule has 10 heteroatoms. The van der Waals surface area contributed by atoms with Crippen molar-refractivity contribution in [1.82, 2.24) is 24.8 Å². The second-order valence-electron chi connectivity index (χ2n) is 7.48. The van der Waals surface area contributed by atoms with Gasteiger partial charge >= 0.3 is 11.9 Å². The molecule has 0 spiro atoms. The molecule has 0 aromatic carbocycles. The van der Waals surface area contributed by atoms with E-state index in [0.717, 1.165) is 38.6 Å². The first-order chi connectivity index (χ1) is 13.9. The maximum absolute atomic E-state index is 13.3. The molecule has 2 aromatic heterocycles. The largest absolute Gasteiger partial charge is 0.416 e. The van der Waals surface area contributed by atoms with E-state index in [4.69, 9.17) is 0 Å². The quantitative estimate of drug-likeness (QED) is 0.708. The lowest BCUT2D eigenvalue weighted by Crippen LogP contribution is -2.31. The highest BCUT2D eigenvalue weighted by molar-refractivity contribution is 5.71. The van der Waals surface area contributed by atoms with E-state index in [9.17, 15) is 18.0 Å². The number of nitrogens with one attached hydrogen (secondary N) is 3. The van der Waals surface area contributed by atoms with Crippen LogP contribution < -0.4 is 16.3 Å². The van der Waals surface area contributed by atoms with E-state index in [0.29, 0.717) is 29.5 Å². The minimum Gasteiger partial charge on any atom is -0.354 e. The number of piperidine rings is 1. The van der Waals surface area contributed by atoms with Gasteiger partial charge in [-0.05, 0) is 50.3 Å². The predicted molar refractivity (Wildman–Crippen MR) is 104 cm³/mol. The zero-order valence-corrected chi connectivity index (χ0v) is 15.9. The van der Waals surface area contributed by atoms with Gasteiger partial charge in [-0.3, -0.25) is 4.57 Å². The fourth-order valence-electron chi connectivity index (χ4n) is 3.86. The maximum atomic E-state index is 13.3. The lowest BCUT2D eigenvalue weighted by Gasteiger charge is -2.22. The van der Waals surface area contributed by atoms with E-state index in [1.807, 2.05) is 0 Å². The van der Waals surface area contributed by atoms with Crippen LogP contribution >= 0.6 is 0 Å². The highest BCUT2D eigenvalue weighted by Gasteiger charge is 2.35. The van der Waals surface area contributed by atoms with Crippen LogP contribution in [0.4, 0.5) is 19.1 Å². The molecule has 1 aliphatic heterocycles. The monoisotopic (exact) mass is 408 g/mol. The minimum absolute atomic E-state index is 0.150. The van der Waals surface area contributed by atoms with Gasteiger partial charge in [0, 0.05) is 6.54 Å². The fraction of sp³-hybridized carbons (Fsp3) is 0.526. The molecule has 0 saturated carbocycles. The van der Waals surface area contributed by atoms with Crippen LogP contribution in [0.25, 0.3) is 11.2 Å². The first-order valence-electron chi connectivity index (χ1n) is 9.77. The molecule has 0 unspecified atom stereocenters. The molecule has 2 aliphatic rings. The third kappa shape index (κ3) is 4.36. The van der Waals surface area contributed by atoms with Crippen molar-refractivity contribution in [2.45, 2.75) is 38.4 Å². The van der Waals surface area contributed by atoms with E-state index < -0.39 is 17.4 Å². The zero-order valence-electron chi connectivity index (χ0n) is 15.9. The van der Waals surface area contributed by atoms with Crippen molar-refractivity contribution in [3.63, 3.8) is 0 Å². The molecule has 2 aromatic rings. The normalized spacial score (nSPS) is 18.6. The first-order valence-corrected chi connectivity index (χ1v) is 9.77. The summed E-state index contributed by atoms with van der Waals surface area (Å²) in [4.78, 5) is 23.6. The Balaban J connectivity index is 1.60. The number of imidazole rings is 1. The number of allylic oxidation sites excluding steroid dienone is 4. The number of H-pyrrole nitrogens is 1. The standard InChI is InChI=1S/C19H23F3N6O/c20-19(21,22)14-4-2-1-3-13(14)11-28-16-15(26-18(28)29)10-25-17(27-16)24-9-12-5-7-23-8-6-12/h2,4,10,12,23H,1,3,5-9,11H2,(H,26,29)(H,24,25,27). The summed E-state index contributed by atoms with van der Waals surface area (Å²) in [5.74, 6) is 0.884. The topological polar surface area (TPSA) is 87.6 Å². The fourth-order valence-corrected chi connectivity index (χ4v) is 3.86. The molecule has 0 atom stereocenters. The Kier molecular flexibility index (Phi) is 5.44. The Morgan fingerprint density at radius 2 is 2.07 bits per heavy atom. The highest BCUT2D eigenvalue weighted by atomic mass is 19.4. The molecule has 29 heavy (non-hydrogen) atoms. The van der Waals surface area contributed by atoms with E-state index >= 15 is 0 Å². The Labute approximate surface area is 165 Å². The van der Waals surface area contributed by atoms with E-state index in [1.54, 1.807) is 0 Å². The Hall–Kier alpha value is -2.62. The van der Waals surface area contributed by atoms with E-state index in [-0.39, 0.29) is 18.5 Å². The first kappa shape index (κ1) is 19.7. The summed E-state index contributed by atoms with van der Waals surface area (Å²) >= 11 is 0. The van der Waals surface area contributed by atoms with Crippen LogP contribution in [0.15, 0.2) is 34.3 Å². The van der Waals surface area contributed by atoms with Crippen molar-refractivity contribution >= 4 is 17.1 Å². The number of nitrogens with zero attached hydrogens (tertiary/aromatic N) is 3. The van der Waals surface area contributed by atoms with E-state index in [2.05, 4.69) is 25.6 Å². The van der Waals surface area contributed by atoms with Crippen LogP contribution in [0.2, 0.25) is 0 Å². The second-order valence-corrected chi connectivity index (χ2v) is 7.48. The minimum atomic E-state index is -4.45. The molecule has 0 radical (unpaired) electrons. The van der Waals surface area contributed by atoms with E-state index in [1.165, 1.54) is 16.8 Å². The van der Waals surface area contributed by atoms with Gasteiger partial charge in [-0.25, -0.2) is 9.78 Å². The number of hydrogen-bond acceptors (Lipinski definition) is 5. The van der Waals surface area contributed by atoms with Gasteiger partial charge < -0.3 is 15.6 Å². The van der Waals surface area contributed by atoms with Gasteiger partial charge in [0.05, 0.1) is 18.3 Å². The molecule has 4 rings (SSSR count). The zero-order chi connectivity index (χ0) is 20.4. The van der Waals surface area contributed by atoms with Gasteiger partial charge in [-0.2, -0.15) is 18.2 Å². The summed E-state index contributed by atoms with van der Waals surface area (Å²) in [7, 11) is 0. The average molecular weight is 408 g/mol. The molecule has 0 bridgehead atoms. The lowest BCUT2D eigenvalue weighted by atomic mass is 9.97. The summed E-state index contributed by atoms with van der Waals surface area (Å²) in [6.45, 7) is 2.53. The van der Waals surface area contributed by atoms with Crippen LogP contribution in [0.5, 0.6) is 0 Å². The summed E-state index contributed by atoms with van der Waals surface area (Å²) in [5, 5.41) is 6.51. The lowest BCUT2D eigenvalue weighted by molar-refractivity contribution is -0.0895. The molecule has 1 aliphatic carbocycles. The van der Waals surface area contributed by atoms with Gasteiger partial charge in [-0.15, -0.1) is 0 Å². The predicted octanol–water partition coefficient (Wildman–Crippen LogP) is 2.74. The van der Waals surface area contributed by atoms with Crippen LogP contribution in [0.1, 0.15) is 25.7 Å². The summed E-state index contributed by atoms with van der Waals surface area (Å²) in [6, 6.07) is 0. The molecular weight excluding hydrogens is 385 g/mol. The van der Waals surface area contributed by atoms with Gasteiger partial charge in [-0.1, -0.05) is 12.2 Å². The van der Waals surface area contributed by atoms with Gasteiger partial charge in [0.15, 0.2) is 5.65 Å². The molecule has 156 valence electrons. The summed E-state index contributed by atoms with van der Waals surface area (Å²) in [5.41, 5.74) is -0.271. The number of alkyl halides is 3. The summed E-state index contributed by atoms with van der Waals surface area (Å²) < 4.78 is 41.3. The maximum Gasteiger partial charge on any atom is 0.416 e. The third-order valence-electron chi connectivity index (χ3n) is 5.45. The van der Waals surface area contributed by atoms with Crippen molar-refractivity contribution < 1.29 is 13.2 Å². The SMILES string of the molecule is O=c1[nH]c2cnc(NCC3CCNCC3)nc2n1CC1=C(C(F)(F)F)C=CCC1. The number of rotatable bonds is 5. The van der Waals surface area contributed by atoms with Crippen molar-refractivity contribution in [3.8, 4) is 0 Å². The Bertz CT molecular complexity index is 998. The van der Waals surface area contributed by atoms with Crippen molar-refractivity contribution in [2.75, 3.05) is 25.0 Å². The number of hydrogen-bond donors (Lipinski definition) is 3. The number of fused-ring (bicyclic) bond motifs is 1. The van der Waals surface area contributed by atoms with Crippen LogP contribution in [-0.2, 0) is 6.54 Å². The van der Waals surface area contributed by atoms with Gasteiger partial charge in [0.1, 0.15) is 5.52 Å². The molecule has 0 amide bonds. The average Bonchev–Trinajstić information content (AvgIpc) is 3.01.